The van der Waals surface area contributed by atoms with Crippen LogP contribution in [0.1, 0.15) is 36.0 Å². The monoisotopic (exact) mass is 251 g/mol. The van der Waals surface area contributed by atoms with Crippen molar-refractivity contribution in [2.24, 2.45) is 0 Å². The van der Waals surface area contributed by atoms with Crippen LogP contribution in [0.25, 0.3) is 0 Å². The molecule has 2 aromatic heterocycles. The summed E-state index contributed by atoms with van der Waals surface area (Å²) in [4.78, 5) is 1.17. The molecule has 6 heteroatoms. The third-order valence-electron chi connectivity index (χ3n) is 2.67. The molecule has 0 radical (unpaired) electrons. The van der Waals surface area contributed by atoms with Crippen molar-refractivity contribution >= 4 is 11.5 Å². The van der Waals surface area contributed by atoms with E-state index in [1.807, 2.05) is 17.8 Å². The summed E-state index contributed by atoms with van der Waals surface area (Å²) in [6.45, 7) is 7.96. The molecule has 0 aromatic carbocycles. The Kier molecular flexibility index (Phi) is 3.86. The minimum absolute atomic E-state index is 0.153. The van der Waals surface area contributed by atoms with E-state index >= 15 is 0 Å². The molecule has 0 aliphatic rings. The van der Waals surface area contributed by atoms with E-state index in [4.69, 9.17) is 0 Å². The maximum Gasteiger partial charge on any atom is 0.0776 e. The SMILES string of the molecule is CCNC(c1cnn(CC)c1)c1snnc1C. The van der Waals surface area contributed by atoms with E-state index in [1.165, 1.54) is 22.0 Å². The fraction of sp³-hybridized carbons (Fsp3) is 0.545. The number of aromatic nitrogens is 4. The Balaban J connectivity index is 2.32. The van der Waals surface area contributed by atoms with Crippen LogP contribution in [-0.4, -0.2) is 25.9 Å². The van der Waals surface area contributed by atoms with Gasteiger partial charge in [0.2, 0.25) is 0 Å². The molecular formula is C11H17N5S. The van der Waals surface area contributed by atoms with Crippen LogP contribution in [0, 0.1) is 6.92 Å². The quantitative estimate of drug-likeness (QED) is 0.880. The lowest BCUT2D eigenvalue weighted by atomic mass is 10.1. The van der Waals surface area contributed by atoms with Gasteiger partial charge in [-0.1, -0.05) is 11.4 Å². The first-order valence-corrected chi connectivity index (χ1v) is 6.58. The molecule has 0 fully saturated rings. The van der Waals surface area contributed by atoms with Crippen molar-refractivity contribution in [2.45, 2.75) is 33.4 Å². The fourth-order valence-corrected chi connectivity index (χ4v) is 2.52. The average molecular weight is 251 g/mol. The summed E-state index contributed by atoms with van der Waals surface area (Å²) in [6.07, 6.45) is 3.99. The highest BCUT2D eigenvalue weighted by atomic mass is 32.1. The third kappa shape index (κ3) is 2.53. The van der Waals surface area contributed by atoms with Gasteiger partial charge in [-0.15, -0.1) is 5.10 Å². The highest BCUT2D eigenvalue weighted by Gasteiger charge is 2.19. The van der Waals surface area contributed by atoms with Gasteiger partial charge in [0, 0.05) is 18.3 Å². The second-order valence-electron chi connectivity index (χ2n) is 3.84. The average Bonchev–Trinajstić information content (AvgIpc) is 2.95. The summed E-state index contributed by atoms with van der Waals surface area (Å²) in [6, 6.07) is 0.153. The molecular weight excluding hydrogens is 234 g/mol. The minimum Gasteiger partial charge on any atom is -0.306 e. The number of nitrogens with one attached hydrogen (secondary N) is 1. The molecule has 5 nitrogen and oxygen atoms in total. The van der Waals surface area contributed by atoms with Crippen LogP contribution < -0.4 is 5.32 Å². The maximum absolute atomic E-state index is 4.32. The summed E-state index contributed by atoms with van der Waals surface area (Å²) in [5.41, 5.74) is 2.16. The van der Waals surface area contributed by atoms with Crippen molar-refractivity contribution in [3.8, 4) is 0 Å². The van der Waals surface area contributed by atoms with E-state index in [2.05, 4.69) is 40.0 Å². The second kappa shape index (κ2) is 5.37. The van der Waals surface area contributed by atoms with E-state index in [0.717, 1.165) is 18.8 Å². The Labute approximate surface area is 105 Å². The van der Waals surface area contributed by atoms with Gasteiger partial charge in [-0.2, -0.15) is 5.10 Å². The Morgan fingerprint density at radius 3 is 2.82 bits per heavy atom. The molecule has 0 saturated heterocycles. The first-order chi connectivity index (χ1) is 8.26. The predicted octanol–water partition coefficient (Wildman–Crippen LogP) is 1.76. The molecule has 17 heavy (non-hydrogen) atoms. The van der Waals surface area contributed by atoms with Gasteiger partial charge in [-0.3, -0.25) is 4.68 Å². The summed E-state index contributed by atoms with van der Waals surface area (Å²) in [5.74, 6) is 0. The standard InChI is InChI=1S/C11H17N5S/c1-4-12-10(11-8(3)14-15-17-11)9-6-13-16(5-2)7-9/h6-7,10,12H,4-5H2,1-3H3. The Morgan fingerprint density at radius 1 is 1.47 bits per heavy atom. The van der Waals surface area contributed by atoms with Crippen molar-refractivity contribution in [3.63, 3.8) is 0 Å². The first-order valence-electron chi connectivity index (χ1n) is 5.80. The zero-order valence-corrected chi connectivity index (χ0v) is 11.2. The minimum atomic E-state index is 0.153. The lowest BCUT2D eigenvalue weighted by Crippen LogP contribution is -2.21. The zero-order valence-electron chi connectivity index (χ0n) is 10.3. The Bertz CT molecular complexity index is 476. The van der Waals surface area contributed by atoms with Crippen molar-refractivity contribution in [1.82, 2.24) is 24.7 Å². The Morgan fingerprint density at radius 2 is 2.29 bits per heavy atom. The first kappa shape index (κ1) is 12.2. The van der Waals surface area contributed by atoms with Gasteiger partial charge in [-0.25, -0.2) is 0 Å². The van der Waals surface area contributed by atoms with Gasteiger partial charge in [0.1, 0.15) is 0 Å². The number of nitrogens with zero attached hydrogens (tertiary/aromatic N) is 4. The molecule has 0 amide bonds. The summed E-state index contributed by atoms with van der Waals surface area (Å²) >= 11 is 1.45. The topological polar surface area (TPSA) is 55.6 Å². The van der Waals surface area contributed by atoms with Crippen molar-refractivity contribution < 1.29 is 0 Å². The van der Waals surface area contributed by atoms with Crippen LogP contribution >= 0.6 is 11.5 Å². The van der Waals surface area contributed by atoms with Gasteiger partial charge >= 0.3 is 0 Å². The normalized spacial score (nSPS) is 12.9. The van der Waals surface area contributed by atoms with Gasteiger partial charge in [0.05, 0.1) is 22.8 Å². The smallest absolute Gasteiger partial charge is 0.0776 e. The molecule has 0 saturated carbocycles. The number of rotatable bonds is 5. The van der Waals surface area contributed by atoms with Gasteiger partial charge in [0.15, 0.2) is 0 Å². The van der Waals surface area contributed by atoms with Crippen molar-refractivity contribution in [2.75, 3.05) is 6.54 Å². The predicted molar refractivity (Wildman–Crippen MR) is 68.1 cm³/mol. The molecule has 2 rings (SSSR count). The van der Waals surface area contributed by atoms with Crippen LogP contribution in [-0.2, 0) is 6.54 Å². The molecule has 1 atom stereocenters. The number of hydrogen-bond donors (Lipinski definition) is 1. The molecule has 0 bridgehead atoms. The zero-order chi connectivity index (χ0) is 12.3. The molecule has 0 spiro atoms. The van der Waals surface area contributed by atoms with Gasteiger partial charge in [0.25, 0.3) is 0 Å². The second-order valence-corrected chi connectivity index (χ2v) is 4.63. The molecule has 1 unspecified atom stereocenters. The van der Waals surface area contributed by atoms with Crippen LogP contribution in [0.3, 0.4) is 0 Å². The maximum atomic E-state index is 4.32. The molecule has 2 aromatic rings. The van der Waals surface area contributed by atoms with Crippen LogP contribution in [0.2, 0.25) is 0 Å². The lowest BCUT2D eigenvalue weighted by molar-refractivity contribution is 0.629. The summed E-state index contributed by atoms with van der Waals surface area (Å²) in [7, 11) is 0. The van der Waals surface area contributed by atoms with Crippen molar-refractivity contribution in [1.29, 1.82) is 0 Å². The molecule has 0 aliphatic heterocycles. The van der Waals surface area contributed by atoms with Gasteiger partial charge < -0.3 is 5.32 Å². The third-order valence-corrected chi connectivity index (χ3v) is 3.56. The van der Waals surface area contributed by atoms with Crippen LogP contribution in [0.5, 0.6) is 0 Å². The summed E-state index contributed by atoms with van der Waals surface area (Å²) < 4.78 is 5.94. The molecule has 92 valence electrons. The van der Waals surface area contributed by atoms with E-state index in [9.17, 15) is 0 Å². The van der Waals surface area contributed by atoms with E-state index in [0.29, 0.717) is 0 Å². The fourth-order valence-electron chi connectivity index (χ4n) is 1.77. The molecule has 2 heterocycles. The van der Waals surface area contributed by atoms with E-state index < -0.39 is 0 Å². The lowest BCUT2D eigenvalue weighted by Gasteiger charge is -2.14. The van der Waals surface area contributed by atoms with Crippen molar-refractivity contribution in [3.05, 3.63) is 28.5 Å². The molecule has 0 aliphatic carbocycles. The number of hydrogen-bond acceptors (Lipinski definition) is 5. The highest BCUT2D eigenvalue weighted by Crippen LogP contribution is 2.26. The molecule has 1 N–H and O–H groups in total. The number of aryl methyl sites for hydroxylation is 2. The highest BCUT2D eigenvalue weighted by molar-refractivity contribution is 7.05. The summed E-state index contributed by atoms with van der Waals surface area (Å²) in [5, 5.41) is 11.8. The Hall–Kier alpha value is -1.27. The van der Waals surface area contributed by atoms with E-state index in [-0.39, 0.29) is 6.04 Å². The largest absolute Gasteiger partial charge is 0.306 e. The van der Waals surface area contributed by atoms with Crippen LogP contribution in [0.15, 0.2) is 12.4 Å². The van der Waals surface area contributed by atoms with Crippen LogP contribution in [0.4, 0.5) is 0 Å². The van der Waals surface area contributed by atoms with Gasteiger partial charge in [-0.05, 0) is 31.9 Å². The van der Waals surface area contributed by atoms with E-state index in [1.54, 1.807) is 0 Å².